The van der Waals surface area contributed by atoms with Gasteiger partial charge in [0.25, 0.3) is 5.91 Å². The minimum atomic E-state index is -0.877. The van der Waals surface area contributed by atoms with E-state index in [4.69, 9.17) is 9.47 Å². The lowest BCUT2D eigenvalue weighted by Gasteiger charge is -2.34. The number of hydrogen-bond acceptors (Lipinski definition) is 6. The van der Waals surface area contributed by atoms with Crippen LogP contribution in [0, 0.1) is 0 Å². The summed E-state index contributed by atoms with van der Waals surface area (Å²) in [4.78, 5) is 37.2. The molecule has 2 amide bonds. The van der Waals surface area contributed by atoms with Gasteiger partial charge in [0.1, 0.15) is 17.5 Å². The Kier molecular flexibility index (Phi) is 6.62. The average Bonchev–Trinajstić information content (AvgIpc) is 2.62. The van der Waals surface area contributed by atoms with E-state index < -0.39 is 12.0 Å². The number of piperazine rings is 1. The number of carbonyl (C=O) groups is 3. The molecule has 25 heavy (non-hydrogen) atoms. The molecule has 1 aromatic rings. The van der Waals surface area contributed by atoms with E-state index >= 15 is 0 Å². The molecule has 1 aliphatic rings. The van der Waals surface area contributed by atoms with E-state index in [9.17, 15) is 14.4 Å². The quantitative estimate of drug-likeness (QED) is 0.714. The fourth-order valence-corrected chi connectivity index (χ4v) is 2.48. The van der Waals surface area contributed by atoms with Gasteiger partial charge in [0.2, 0.25) is 5.91 Å². The van der Waals surface area contributed by atoms with Crippen LogP contribution in [0.1, 0.15) is 13.3 Å². The van der Waals surface area contributed by atoms with Crippen molar-refractivity contribution in [2.75, 3.05) is 33.4 Å². The smallest absolute Gasteiger partial charge is 0.308 e. The van der Waals surface area contributed by atoms with Crippen LogP contribution >= 0.6 is 0 Å². The fourth-order valence-electron chi connectivity index (χ4n) is 2.48. The number of methoxy groups -OCH3 is 1. The molecule has 1 fully saturated rings. The lowest BCUT2D eigenvalue weighted by atomic mass is 10.1. The van der Waals surface area contributed by atoms with Gasteiger partial charge in [-0.1, -0.05) is 0 Å². The zero-order valence-corrected chi connectivity index (χ0v) is 14.3. The highest BCUT2D eigenvalue weighted by Gasteiger charge is 2.35. The lowest BCUT2D eigenvalue weighted by molar-refractivity contribution is -0.151. The van der Waals surface area contributed by atoms with Crippen molar-refractivity contribution in [1.29, 1.82) is 0 Å². The number of benzene rings is 1. The number of rotatable bonds is 7. The van der Waals surface area contributed by atoms with Crippen molar-refractivity contribution in [2.45, 2.75) is 19.4 Å². The maximum absolute atomic E-state index is 12.4. The maximum Gasteiger partial charge on any atom is 0.308 e. The lowest BCUT2D eigenvalue weighted by Crippen LogP contribution is -2.58. The number of nitrogens with zero attached hydrogens (tertiary/aromatic N) is 1. The minimum Gasteiger partial charge on any atom is -0.494 e. The molecule has 1 saturated heterocycles. The number of nitrogens with one attached hydrogen (secondary N) is 1. The molecule has 0 bridgehead atoms. The van der Waals surface area contributed by atoms with Crippen molar-refractivity contribution in [3.05, 3.63) is 24.3 Å². The van der Waals surface area contributed by atoms with Crippen LogP contribution in [0.3, 0.4) is 0 Å². The van der Waals surface area contributed by atoms with Gasteiger partial charge in [0, 0.05) is 13.1 Å². The van der Waals surface area contributed by atoms with Crippen LogP contribution in [0.2, 0.25) is 0 Å². The fraction of sp³-hybridized carbons (Fsp3) is 0.471. The van der Waals surface area contributed by atoms with Gasteiger partial charge in [-0.05, 0) is 31.2 Å². The molecule has 1 atom stereocenters. The molecule has 1 unspecified atom stereocenters. The predicted octanol–water partition coefficient (Wildman–Crippen LogP) is 0.354. The number of hydrogen-bond donors (Lipinski definition) is 1. The van der Waals surface area contributed by atoms with Crippen LogP contribution in [-0.2, 0) is 19.1 Å². The molecule has 0 radical (unpaired) electrons. The Hall–Kier alpha value is -2.77. The molecule has 136 valence electrons. The first-order chi connectivity index (χ1) is 12.0. The Morgan fingerprint density at radius 3 is 2.44 bits per heavy atom. The molecule has 0 aliphatic carbocycles. The molecule has 0 saturated carbocycles. The van der Waals surface area contributed by atoms with Gasteiger partial charge in [0.05, 0.1) is 20.1 Å². The van der Waals surface area contributed by atoms with Crippen LogP contribution < -0.4 is 14.8 Å². The second kappa shape index (κ2) is 8.91. The SMILES string of the molecule is CCOc1ccc(OCC(=O)N2CCNC(=O)C2CC(=O)OC)cc1. The van der Waals surface area contributed by atoms with E-state index in [0.29, 0.717) is 31.2 Å². The van der Waals surface area contributed by atoms with Gasteiger partial charge in [-0.15, -0.1) is 0 Å². The Morgan fingerprint density at radius 2 is 1.84 bits per heavy atom. The minimum absolute atomic E-state index is 0.183. The van der Waals surface area contributed by atoms with Crippen molar-refractivity contribution >= 4 is 17.8 Å². The van der Waals surface area contributed by atoms with Gasteiger partial charge in [-0.25, -0.2) is 0 Å². The highest BCUT2D eigenvalue weighted by molar-refractivity contribution is 5.92. The molecule has 8 nitrogen and oxygen atoms in total. The van der Waals surface area contributed by atoms with Crippen LogP contribution in [0.25, 0.3) is 0 Å². The van der Waals surface area contributed by atoms with Crippen LogP contribution in [0.4, 0.5) is 0 Å². The van der Waals surface area contributed by atoms with Crippen LogP contribution in [-0.4, -0.2) is 62.1 Å². The second-order valence-electron chi connectivity index (χ2n) is 5.37. The summed E-state index contributed by atoms with van der Waals surface area (Å²) in [5.41, 5.74) is 0. The molecule has 1 heterocycles. The summed E-state index contributed by atoms with van der Waals surface area (Å²) in [5, 5.41) is 2.64. The van der Waals surface area contributed by atoms with Gasteiger partial charge < -0.3 is 24.4 Å². The summed E-state index contributed by atoms with van der Waals surface area (Å²) in [6.07, 6.45) is -0.183. The van der Waals surface area contributed by atoms with E-state index in [-0.39, 0.29) is 24.8 Å². The number of carbonyl (C=O) groups excluding carboxylic acids is 3. The van der Waals surface area contributed by atoms with Crippen molar-refractivity contribution in [1.82, 2.24) is 10.2 Å². The van der Waals surface area contributed by atoms with Crippen LogP contribution in [0.15, 0.2) is 24.3 Å². The molecular weight excluding hydrogens is 328 g/mol. The largest absolute Gasteiger partial charge is 0.494 e. The third-order valence-corrected chi connectivity index (χ3v) is 3.74. The first-order valence-electron chi connectivity index (χ1n) is 8.04. The summed E-state index contributed by atoms with van der Waals surface area (Å²) in [6.45, 7) is 2.89. The van der Waals surface area contributed by atoms with E-state index in [0.717, 1.165) is 0 Å². The molecule has 8 heteroatoms. The number of amides is 2. The molecule has 0 aromatic heterocycles. The Balaban J connectivity index is 1.95. The average molecular weight is 350 g/mol. The summed E-state index contributed by atoms with van der Waals surface area (Å²) in [5.74, 6) is -0.0502. The van der Waals surface area contributed by atoms with Crippen molar-refractivity contribution in [2.24, 2.45) is 0 Å². The second-order valence-corrected chi connectivity index (χ2v) is 5.37. The third-order valence-electron chi connectivity index (χ3n) is 3.74. The molecule has 0 spiro atoms. The summed E-state index contributed by atoms with van der Waals surface area (Å²) < 4.78 is 15.4. The van der Waals surface area contributed by atoms with E-state index in [1.54, 1.807) is 24.3 Å². The standard InChI is InChI=1S/C17H22N2O6/c1-3-24-12-4-6-13(7-5-12)25-11-15(20)19-9-8-18-17(22)14(19)10-16(21)23-2/h4-7,14H,3,8-11H2,1-2H3,(H,18,22). The molecule has 1 aliphatic heterocycles. The topological polar surface area (TPSA) is 94.2 Å². The maximum atomic E-state index is 12.4. The monoisotopic (exact) mass is 350 g/mol. The molecule has 1 N–H and O–H groups in total. The van der Waals surface area contributed by atoms with E-state index in [1.165, 1.54) is 12.0 Å². The van der Waals surface area contributed by atoms with Gasteiger partial charge >= 0.3 is 5.97 Å². The summed E-state index contributed by atoms with van der Waals surface area (Å²) in [7, 11) is 1.24. The van der Waals surface area contributed by atoms with Gasteiger partial charge in [-0.2, -0.15) is 0 Å². The zero-order valence-electron chi connectivity index (χ0n) is 14.3. The summed E-state index contributed by atoms with van der Waals surface area (Å²) in [6, 6.07) is 6.02. The molecule has 1 aromatic carbocycles. The number of ether oxygens (including phenoxy) is 3. The van der Waals surface area contributed by atoms with E-state index in [2.05, 4.69) is 10.1 Å². The summed E-state index contributed by atoms with van der Waals surface area (Å²) >= 11 is 0. The highest BCUT2D eigenvalue weighted by atomic mass is 16.5. The Morgan fingerprint density at radius 1 is 1.20 bits per heavy atom. The van der Waals surface area contributed by atoms with Gasteiger partial charge in [0.15, 0.2) is 6.61 Å². The third kappa shape index (κ3) is 5.10. The Labute approximate surface area is 146 Å². The van der Waals surface area contributed by atoms with Crippen LogP contribution in [0.5, 0.6) is 11.5 Å². The molecule has 2 rings (SSSR count). The molecular formula is C17H22N2O6. The van der Waals surface area contributed by atoms with Crippen molar-refractivity contribution in [3.8, 4) is 11.5 Å². The normalized spacial score (nSPS) is 16.8. The first kappa shape index (κ1) is 18.6. The van der Waals surface area contributed by atoms with Crippen molar-refractivity contribution < 1.29 is 28.6 Å². The predicted molar refractivity (Wildman–Crippen MR) is 88.2 cm³/mol. The van der Waals surface area contributed by atoms with Gasteiger partial charge in [-0.3, -0.25) is 14.4 Å². The highest BCUT2D eigenvalue weighted by Crippen LogP contribution is 2.18. The number of esters is 1. The zero-order chi connectivity index (χ0) is 18.2. The Bertz CT molecular complexity index is 616. The van der Waals surface area contributed by atoms with E-state index in [1.807, 2.05) is 6.92 Å². The first-order valence-corrected chi connectivity index (χ1v) is 8.04. The van der Waals surface area contributed by atoms with Crippen molar-refractivity contribution in [3.63, 3.8) is 0 Å².